The summed E-state index contributed by atoms with van der Waals surface area (Å²) in [4.78, 5) is 10.8. The van der Waals surface area contributed by atoms with Gasteiger partial charge in [-0.25, -0.2) is 0 Å². The van der Waals surface area contributed by atoms with E-state index in [0.717, 1.165) is 0 Å². The van der Waals surface area contributed by atoms with Crippen LogP contribution in [0.15, 0.2) is 0 Å². The molecule has 0 unspecified atom stereocenters. The van der Waals surface area contributed by atoms with Crippen LogP contribution < -0.4 is 0 Å². The highest BCUT2D eigenvalue weighted by Crippen LogP contribution is 2.39. The molecule has 1 aliphatic rings. The average molecular weight is 174 g/mol. The van der Waals surface area contributed by atoms with Crippen molar-refractivity contribution in [3.05, 3.63) is 0 Å². The highest BCUT2D eigenvalue weighted by atomic mass is 16.5. The number of hydrogen-bond acceptors (Lipinski definition) is 3. The molecular weight excluding hydrogens is 160 g/mol. The second-order valence-electron chi connectivity index (χ2n) is 3.62. The number of methoxy groups -OCH3 is 1. The van der Waals surface area contributed by atoms with Gasteiger partial charge >= 0.3 is 5.97 Å². The predicted molar refractivity (Wildman–Crippen MR) is 41.8 cm³/mol. The first kappa shape index (κ1) is 9.48. The molecule has 0 heterocycles. The van der Waals surface area contributed by atoms with Crippen LogP contribution in [0.3, 0.4) is 0 Å². The zero-order valence-corrected chi connectivity index (χ0v) is 7.28. The van der Waals surface area contributed by atoms with E-state index in [1.54, 1.807) is 6.92 Å². The van der Waals surface area contributed by atoms with Crippen LogP contribution in [0.5, 0.6) is 0 Å². The number of aliphatic hydroxyl groups excluding tert-OH is 1. The van der Waals surface area contributed by atoms with Gasteiger partial charge in [0.2, 0.25) is 0 Å². The number of carboxylic acids is 1. The molecule has 0 spiro atoms. The Labute approximate surface area is 71.2 Å². The Morgan fingerprint density at radius 3 is 2.42 bits per heavy atom. The fourth-order valence-corrected chi connectivity index (χ4v) is 1.67. The van der Waals surface area contributed by atoms with Gasteiger partial charge in [-0.1, -0.05) is 0 Å². The number of carbonyl (C=O) groups is 1. The van der Waals surface area contributed by atoms with E-state index in [4.69, 9.17) is 9.84 Å². The smallest absolute Gasteiger partial charge is 0.309 e. The standard InChI is InChI=1S/C8H14O4/c1-8(7(10)11)3-5(9)6(4-8)12-2/h5-6,9H,3-4H2,1-2H3,(H,10,11)/t5-,6+,8+/m1/s1. The summed E-state index contributed by atoms with van der Waals surface area (Å²) in [6, 6.07) is 0. The number of aliphatic carboxylic acids is 1. The minimum atomic E-state index is -0.860. The number of ether oxygens (including phenoxy) is 1. The average Bonchev–Trinajstić information content (AvgIpc) is 2.27. The van der Waals surface area contributed by atoms with Crippen molar-refractivity contribution in [3.63, 3.8) is 0 Å². The monoisotopic (exact) mass is 174 g/mol. The van der Waals surface area contributed by atoms with Gasteiger partial charge in [-0.05, 0) is 19.8 Å². The van der Waals surface area contributed by atoms with Crippen molar-refractivity contribution in [3.8, 4) is 0 Å². The van der Waals surface area contributed by atoms with Crippen molar-refractivity contribution in [1.82, 2.24) is 0 Å². The number of aliphatic hydroxyl groups is 1. The molecule has 3 atom stereocenters. The van der Waals surface area contributed by atoms with Crippen molar-refractivity contribution < 1.29 is 19.7 Å². The van der Waals surface area contributed by atoms with Crippen molar-refractivity contribution in [2.75, 3.05) is 7.11 Å². The topological polar surface area (TPSA) is 66.8 Å². The highest BCUT2D eigenvalue weighted by Gasteiger charge is 2.46. The Balaban J connectivity index is 2.70. The summed E-state index contributed by atoms with van der Waals surface area (Å²) in [5.41, 5.74) is -0.819. The van der Waals surface area contributed by atoms with Gasteiger partial charge < -0.3 is 14.9 Å². The molecule has 0 aromatic carbocycles. The van der Waals surface area contributed by atoms with E-state index in [1.165, 1.54) is 7.11 Å². The summed E-state index contributed by atoms with van der Waals surface area (Å²) in [5.74, 6) is -0.860. The Hall–Kier alpha value is -0.610. The van der Waals surface area contributed by atoms with E-state index < -0.39 is 17.5 Å². The summed E-state index contributed by atoms with van der Waals surface area (Å²) in [6.07, 6.45) is -0.303. The van der Waals surface area contributed by atoms with Gasteiger partial charge in [0.25, 0.3) is 0 Å². The third kappa shape index (κ3) is 1.44. The molecule has 70 valence electrons. The second-order valence-corrected chi connectivity index (χ2v) is 3.62. The minimum Gasteiger partial charge on any atom is -0.481 e. The fraction of sp³-hybridized carbons (Fsp3) is 0.875. The zero-order chi connectivity index (χ0) is 9.35. The first-order valence-electron chi connectivity index (χ1n) is 3.94. The molecular formula is C8H14O4. The van der Waals surface area contributed by atoms with Crippen LogP contribution in [0.4, 0.5) is 0 Å². The molecule has 0 aromatic heterocycles. The predicted octanol–water partition coefficient (Wildman–Crippen LogP) is 0.247. The maximum absolute atomic E-state index is 10.8. The van der Waals surface area contributed by atoms with E-state index in [9.17, 15) is 9.90 Å². The van der Waals surface area contributed by atoms with Crippen LogP contribution in [0.2, 0.25) is 0 Å². The van der Waals surface area contributed by atoms with E-state index in [0.29, 0.717) is 6.42 Å². The molecule has 1 saturated carbocycles. The van der Waals surface area contributed by atoms with Gasteiger partial charge in [0.1, 0.15) is 0 Å². The summed E-state index contributed by atoms with van der Waals surface area (Å²) in [5, 5.41) is 18.2. The quantitative estimate of drug-likeness (QED) is 0.629. The highest BCUT2D eigenvalue weighted by molar-refractivity contribution is 5.74. The van der Waals surface area contributed by atoms with Crippen LogP contribution in [0.25, 0.3) is 0 Å². The fourth-order valence-electron chi connectivity index (χ4n) is 1.67. The van der Waals surface area contributed by atoms with E-state index in [-0.39, 0.29) is 12.5 Å². The largest absolute Gasteiger partial charge is 0.481 e. The molecule has 0 amide bonds. The van der Waals surface area contributed by atoms with Crippen molar-refractivity contribution in [1.29, 1.82) is 0 Å². The lowest BCUT2D eigenvalue weighted by Gasteiger charge is -2.16. The van der Waals surface area contributed by atoms with Gasteiger partial charge in [-0.2, -0.15) is 0 Å². The molecule has 1 rings (SSSR count). The van der Waals surface area contributed by atoms with Crippen molar-refractivity contribution in [2.24, 2.45) is 5.41 Å². The molecule has 2 N–H and O–H groups in total. The normalized spacial score (nSPS) is 41.6. The molecule has 0 radical (unpaired) electrons. The van der Waals surface area contributed by atoms with E-state index in [2.05, 4.69) is 0 Å². The number of hydrogen-bond donors (Lipinski definition) is 2. The lowest BCUT2D eigenvalue weighted by Crippen LogP contribution is -2.25. The summed E-state index contributed by atoms with van der Waals surface area (Å²) >= 11 is 0. The molecule has 1 fully saturated rings. The number of carboxylic acid groups (broad SMARTS) is 1. The first-order valence-corrected chi connectivity index (χ1v) is 3.94. The van der Waals surface area contributed by atoms with Crippen LogP contribution in [0.1, 0.15) is 19.8 Å². The van der Waals surface area contributed by atoms with Crippen molar-refractivity contribution >= 4 is 5.97 Å². The summed E-state index contributed by atoms with van der Waals surface area (Å²) in [7, 11) is 1.49. The Bertz CT molecular complexity index is 191. The van der Waals surface area contributed by atoms with Crippen LogP contribution in [-0.2, 0) is 9.53 Å². The lowest BCUT2D eigenvalue weighted by molar-refractivity contribution is -0.148. The Kier molecular flexibility index (Phi) is 2.39. The zero-order valence-electron chi connectivity index (χ0n) is 7.28. The maximum Gasteiger partial charge on any atom is 0.309 e. The van der Waals surface area contributed by atoms with Crippen LogP contribution in [-0.4, -0.2) is 35.5 Å². The second kappa shape index (κ2) is 3.03. The molecule has 0 aromatic rings. The van der Waals surface area contributed by atoms with Gasteiger partial charge in [0.15, 0.2) is 0 Å². The van der Waals surface area contributed by atoms with E-state index in [1.807, 2.05) is 0 Å². The van der Waals surface area contributed by atoms with E-state index >= 15 is 0 Å². The third-order valence-corrected chi connectivity index (χ3v) is 2.56. The van der Waals surface area contributed by atoms with Crippen LogP contribution >= 0.6 is 0 Å². The van der Waals surface area contributed by atoms with Gasteiger partial charge in [-0.15, -0.1) is 0 Å². The maximum atomic E-state index is 10.8. The molecule has 4 heteroatoms. The molecule has 1 aliphatic carbocycles. The van der Waals surface area contributed by atoms with Gasteiger partial charge in [0.05, 0.1) is 17.6 Å². The van der Waals surface area contributed by atoms with Gasteiger partial charge in [0, 0.05) is 7.11 Å². The van der Waals surface area contributed by atoms with Crippen LogP contribution in [0, 0.1) is 5.41 Å². The Morgan fingerprint density at radius 1 is 1.58 bits per heavy atom. The molecule has 12 heavy (non-hydrogen) atoms. The van der Waals surface area contributed by atoms with Gasteiger partial charge in [-0.3, -0.25) is 4.79 Å². The molecule has 0 bridgehead atoms. The third-order valence-electron chi connectivity index (χ3n) is 2.56. The molecule has 4 nitrogen and oxygen atoms in total. The lowest BCUT2D eigenvalue weighted by atomic mass is 9.89. The number of rotatable bonds is 2. The minimum absolute atomic E-state index is 0.279. The van der Waals surface area contributed by atoms with Crippen molar-refractivity contribution in [2.45, 2.75) is 32.0 Å². The SMILES string of the molecule is CO[C@H]1C[C@@](C)(C(=O)O)C[C@H]1O. The molecule has 0 saturated heterocycles. The Morgan fingerprint density at radius 2 is 2.17 bits per heavy atom. The molecule has 0 aliphatic heterocycles. The summed E-state index contributed by atoms with van der Waals surface area (Å²) in [6.45, 7) is 1.64. The first-order chi connectivity index (χ1) is 5.49. The summed E-state index contributed by atoms with van der Waals surface area (Å²) < 4.78 is 4.96.